The van der Waals surface area contributed by atoms with Gasteiger partial charge < -0.3 is 29.5 Å². The van der Waals surface area contributed by atoms with E-state index in [0.717, 1.165) is 62.0 Å². The maximum Gasteiger partial charge on any atom is 0.320 e. The van der Waals surface area contributed by atoms with Gasteiger partial charge in [-0.25, -0.2) is 4.79 Å². The van der Waals surface area contributed by atoms with Gasteiger partial charge in [0.05, 0.1) is 47.6 Å². The molecule has 0 radical (unpaired) electrons. The molecule has 0 spiro atoms. The van der Waals surface area contributed by atoms with Gasteiger partial charge in [-0.1, -0.05) is 35.3 Å². The summed E-state index contributed by atoms with van der Waals surface area (Å²) in [6.45, 7) is 8.03. The molecule has 3 fully saturated rings. The average molecular weight is 819 g/mol. The van der Waals surface area contributed by atoms with Crippen LogP contribution in [0.4, 0.5) is 4.79 Å². The van der Waals surface area contributed by atoms with Crippen LogP contribution in [0.15, 0.2) is 76.4 Å². The zero-order valence-corrected chi connectivity index (χ0v) is 33.9. The molecular weight excluding hydrogens is 769 g/mol. The number of carbonyl (C=O) groups excluding carboxylic acids is 3. The van der Waals surface area contributed by atoms with Crippen molar-refractivity contribution in [1.82, 2.24) is 29.9 Å². The summed E-state index contributed by atoms with van der Waals surface area (Å²) in [5.74, 6) is 0.141. The number of hydrogen-bond donors (Lipinski definition) is 1. The molecule has 3 aromatic rings. The Kier molecular flexibility index (Phi) is 12.7. The molecule has 2 atom stereocenters. The van der Waals surface area contributed by atoms with Gasteiger partial charge >= 0.3 is 12.0 Å². The summed E-state index contributed by atoms with van der Waals surface area (Å²) in [5, 5.41) is 16.2. The fourth-order valence-corrected chi connectivity index (χ4v) is 8.83. The van der Waals surface area contributed by atoms with Gasteiger partial charge in [-0.2, -0.15) is 5.11 Å². The zero-order chi connectivity index (χ0) is 40.0. The third kappa shape index (κ3) is 9.09. The Hall–Kier alpha value is -4.63. The standard InChI is InChI=1S/C41H49Cl2N9O5/c1-3-57-37(53)27-50-20-22-51(23-21-50)39(55)46-41(30-8-14-44-15-9-30)12-17-49(18-13-41)16-10-40(31-5-6-33(42)34(43)25-31)11-19-52(28-40)38(54)32-24-29(4-7-36(32)56-2)35-26-45-48-47-35/h4-9,14-15,24-26,35H,3,10-13,16-23,27-28H2,1-2H3,(H,46,55). The van der Waals surface area contributed by atoms with E-state index < -0.39 is 5.54 Å². The zero-order valence-electron chi connectivity index (χ0n) is 32.4. The molecule has 16 heteroatoms. The van der Waals surface area contributed by atoms with Crippen molar-refractivity contribution in [3.8, 4) is 5.75 Å². The third-order valence-electron chi connectivity index (χ3n) is 11.9. The van der Waals surface area contributed by atoms with Gasteiger partial charge in [-0.3, -0.25) is 19.5 Å². The van der Waals surface area contributed by atoms with Crippen LogP contribution in [-0.2, 0) is 20.5 Å². The number of pyridine rings is 1. The number of rotatable bonds is 12. The Morgan fingerprint density at radius 3 is 2.32 bits per heavy atom. The number of urea groups is 1. The molecule has 4 aliphatic heterocycles. The van der Waals surface area contributed by atoms with Crippen LogP contribution in [0.25, 0.3) is 0 Å². The van der Waals surface area contributed by atoms with Crippen molar-refractivity contribution in [3.63, 3.8) is 0 Å². The molecule has 0 aliphatic carbocycles. The smallest absolute Gasteiger partial charge is 0.320 e. The minimum Gasteiger partial charge on any atom is -0.496 e. The Morgan fingerprint density at radius 2 is 1.63 bits per heavy atom. The number of piperidine rings is 1. The lowest BCUT2D eigenvalue weighted by atomic mass is 9.76. The quantitative estimate of drug-likeness (QED) is 0.221. The first-order valence-corrected chi connectivity index (χ1v) is 20.3. The molecule has 1 aromatic heterocycles. The maximum atomic E-state index is 14.3. The van der Waals surface area contributed by atoms with E-state index in [1.54, 1.807) is 38.7 Å². The second kappa shape index (κ2) is 17.9. The van der Waals surface area contributed by atoms with Crippen molar-refractivity contribution in [2.75, 3.05) is 79.2 Å². The minimum atomic E-state index is -0.560. The van der Waals surface area contributed by atoms with Crippen LogP contribution in [0.3, 0.4) is 0 Å². The Morgan fingerprint density at radius 1 is 0.860 bits per heavy atom. The number of methoxy groups -OCH3 is 1. The van der Waals surface area contributed by atoms with Crippen molar-refractivity contribution in [1.29, 1.82) is 0 Å². The Balaban J connectivity index is 1.04. The highest BCUT2D eigenvalue weighted by atomic mass is 35.5. The van der Waals surface area contributed by atoms with E-state index in [9.17, 15) is 14.4 Å². The number of ether oxygens (including phenoxy) is 2. The lowest BCUT2D eigenvalue weighted by molar-refractivity contribution is -0.144. The summed E-state index contributed by atoms with van der Waals surface area (Å²) in [6, 6.07) is 14.9. The molecule has 2 unspecified atom stereocenters. The van der Waals surface area contributed by atoms with Gasteiger partial charge in [-0.05, 0) is 97.5 Å². The first-order chi connectivity index (χ1) is 27.6. The molecule has 7 rings (SSSR count). The number of likely N-dealkylation sites (tertiary alicyclic amines) is 2. The van der Waals surface area contributed by atoms with Crippen LogP contribution in [-0.4, -0.2) is 128 Å². The van der Waals surface area contributed by atoms with Crippen LogP contribution >= 0.6 is 23.2 Å². The summed E-state index contributed by atoms with van der Waals surface area (Å²) >= 11 is 13.0. The fourth-order valence-electron chi connectivity index (χ4n) is 8.53. The Labute approximate surface area is 343 Å². The van der Waals surface area contributed by atoms with Gasteiger partial charge in [0.1, 0.15) is 11.8 Å². The molecule has 3 amide bonds. The van der Waals surface area contributed by atoms with E-state index in [-0.39, 0.29) is 35.9 Å². The number of amides is 3. The second-order valence-electron chi connectivity index (χ2n) is 15.2. The SMILES string of the molecule is CCOC(=O)CN1CCN(C(=O)NC2(c3ccncc3)CCN(CCC3(c4ccc(Cl)c(Cl)c4)CCN(C(=O)c4cc(C5C=NN=N5)ccc4OC)C3)CC2)CC1. The molecule has 0 saturated carbocycles. The number of hydrogen-bond acceptors (Lipinski definition) is 11. The van der Waals surface area contributed by atoms with Crippen LogP contribution in [0.5, 0.6) is 5.75 Å². The maximum absolute atomic E-state index is 14.3. The lowest BCUT2D eigenvalue weighted by Gasteiger charge is -2.45. The minimum absolute atomic E-state index is 0.103. The van der Waals surface area contributed by atoms with Crippen molar-refractivity contribution in [3.05, 3.63) is 93.2 Å². The summed E-state index contributed by atoms with van der Waals surface area (Å²) < 4.78 is 10.8. The van der Waals surface area contributed by atoms with Crippen molar-refractivity contribution in [2.24, 2.45) is 15.4 Å². The number of carbonyl (C=O) groups is 3. The lowest BCUT2D eigenvalue weighted by Crippen LogP contribution is -2.59. The first kappa shape index (κ1) is 40.6. The number of piperazine rings is 1. The number of nitrogens with one attached hydrogen (secondary N) is 1. The normalized spacial score (nSPS) is 22.1. The number of nitrogens with zero attached hydrogens (tertiary/aromatic N) is 8. The summed E-state index contributed by atoms with van der Waals surface area (Å²) in [7, 11) is 1.57. The van der Waals surface area contributed by atoms with Crippen LogP contribution in [0.1, 0.15) is 65.7 Å². The average Bonchev–Trinajstić information content (AvgIpc) is 3.94. The third-order valence-corrected chi connectivity index (χ3v) is 12.7. The van der Waals surface area contributed by atoms with Gasteiger partial charge in [-0.15, -0.1) is 5.10 Å². The predicted molar refractivity (Wildman–Crippen MR) is 217 cm³/mol. The van der Waals surface area contributed by atoms with E-state index >= 15 is 0 Å². The predicted octanol–water partition coefficient (Wildman–Crippen LogP) is 5.95. The second-order valence-corrected chi connectivity index (χ2v) is 16.0. The molecule has 4 aliphatic rings. The van der Waals surface area contributed by atoms with Crippen LogP contribution in [0, 0.1) is 0 Å². The summed E-state index contributed by atoms with van der Waals surface area (Å²) in [4.78, 5) is 52.6. The largest absolute Gasteiger partial charge is 0.496 e. The van der Waals surface area contributed by atoms with E-state index in [4.69, 9.17) is 32.7 Å². The van der Waals surface area contributed by atoms with Crippen molar-refractivity contribution >= 4 is 47.3 Å². The molecule has 302 valence electrons. The molecule has 5 heterocycles. The number of halogens is 2. The van der Waals surface area contributed by atoms with Crippen molar-refractivity contribution < 1.29 is 23.9 Å². The van der Waals surface area contributed by atoms with Gasteiger partial charge in [0, 0.05) is 70.2 Å². The van der Waals surface area contributed by atoms with E-state index in [2.05, 4.69) is 30.6 Å². The number of aromatic nitrogens is 1. The number of esters is 1. The number of benzene rings is 2. The summed E-state index contributed by atoms with van der Waals surface area (Å²) in [5.41, 5.74) is 2.44. The first-order valence-electron chi connectivity index (χ1n) is 19.6. The molecule has 3 saturated heterocycles. The monoisotopic (exact) mass is 817 g/mol. The molecule has 14 nitrogen and oxygen atoms in total. The molecule has 57 heavy (non-hydrogen) atoms. The van der Waals surface area contributed by atoms with Crippen LogP contribution in [0.2, 0.25) is 10.0 Å². The molecule has 0 bridgehead atoms. The molecule has 1 N–H and O–H groups in total. The van der Waals surface area contributed by atoms with Gasteiger partial charge in [0.25, 0.3) is 5.91 Å². The van der Waals surface area contributed by atoms with Crippen LogP contribution < -0.4 is 10.1 Å². The Bertz CT molecular complexity index is 1970. The molecule has 2 aromatic carbocycles. The highest BCUT2D eigenvalue weighted by Crippen LogP contribution is 2.42. The highest BCUT2D eigenvalue weighted by Gasteiger charge is 2.44. The van der Waals surface area contributed by atoms with E-state index in [0.29, 0.717) is 67.2 Å². The highest BCUT2D eigenvalue weighted by molar-refractivity contribution is 6.42. The van der Waals surface area contributed by atoms with E-state index in [1.807, 2.05) is 57.2 Å². The van der Waals surface area contributed by atoms with Gasteiger partial charge in [0.2, 0.25) is 0 Å². The van der Waals surface area contributed by atoms with Crippen molar-refractivity contribution in [2.45, 2.75) is 49.6 Å². The molecular formula is C41H49Cl2N9O5. The fraction of sp³-hybridized carbons (Fsp3) is 0.488. The van der Waals surface area contributed by atoms with E-state index in [1.165, 1.54) is 0 Å². The summed E-state index contributed by atoms with van der Waals surface area (Å²) in [6.07, 6.45) is 8.18. The van der Waals surface area contributed by atoms with Gasteiger partial charge in [0.15, 0.2) is 0 Å². The topological polar surface area (TPSA) is 145 Å².